The van der Waals surface area contributed by atoms with Gasteiger partial charge >= 0.3 is 18.5 Å². The molecule has 370 valence electrons. The van der Waals surface area contributed by atoms with Gasteiger partial charge in [-0.25, -0.2) is 23.9 Å². The zero-order chi connectivity index (χ0) is 49.6. The number of amides is 3. The zero-order valence-electron chi connectivity index (χ0n) is 39.5. The summed E-state index contributed by atoms with van der Waals surface area (Å²) in [5.41, 5.74) is 3.92. The molecule has 0 saturated carbocycles. The van der Waals surface area contributed by atoms with E-state index in [4.69, 9.17) is 24.2 Å². The Bertz CT molecular complexity index is 2910. The van der Waals surface area contributed by atoms with E-state index in [0.29, 0.717) is 70.3 Å². The van der Waals surface area contributed by atoms with Crippen LogP contribution in [0.1, 0.15) is 88.9 Å². The number of alkyl carbamates (subject to hydrolysis) is 2. The van der Waals surface area contributed by atoms with Gasteiger partial charge in [-0.3, -0.25) is 9.69 Å². The lowest BCUT2D eigenvalue weighted by Crippen LogP contribution is -2.51. The zero-order valence-corrected chi connectivity index (χ0v) is 39.5. The van der Waals surface area contributed by atoms with Gasteiger partial charge in [-0.2, -0.15) is 0 Å². The fourth-order valence-corrected chi connectivity index (χ4v) is 9.92. The van der Waals surface area contributed by atoms with Gasteiger partial charge in [0.05, 0.1) is 66.9 Å². The highest BCUT2D eigenvalue weighted by molar-refractivity contribution is 5.93. The van der Waals surface area contributed by atoms with Gasteiger partial charge < -0.3 is 49.0 Å². The van der Waals surface area contributed by atoms with Crippen LogP contribution in [0.15, 0.2) is 73.1 Å². The van der Waals surface area contributed by atoms with Crippen LogP contribution in [-0.4, -0.2) is 105 Å². The normalized spacial score (nSPS) is 18.9. The quantitative estimate of drug-likeness (QED) is 0.0814. The largest absolute Gasteiger partial charge is 0.573 e. The molecular formula is C50H55F4N9O7. The molecule has 5 unspecified atom stereocenters. The Labute approximate surface area is 401 Å². The van der Waals surface area contributed by atoms with Crippen molar-refractivity contribution in [1.82, 2.24) is 44.9 Å². The van der Waals surface area contributed by atoms with Gasteiger partial charge in [0, 0.05) is 41.2 Å². The first-order chi connectivity index (χ1) is 33.5. The molecule has 0 aliphatic carbocycles. The standard InChI is InChI=1S/C50H55F4N9O7/c1-26(2)36(59-48(65)67-5)25-61-16-8-12-38(61)44-55-24-35(58-44)30-20-33(51)42-40-21-31-18-28(34-23-56-45(57-34)39-13-9-17-62(39)46(64)43(27(3)4)60-49(66)68-6)14-15-37(31)63(40)47(69-41(42)22-30)29-10-7-11-32(19-29)70-50(52,53)54/h7,10-11,14-15,18-24,26-27,36,38-39,43,47H,8-9,12-13,16-17,25H2,1-6H3,(H,55,58)(H,56,57)(H,59,65)(H,60,66). The maximum absolute atomic E-state index is 16.9. The number of fused-ring (bicyclic) bond motifs is 5. The van der Waals surface area contributed by atoms with E-state index in [0.717, 1.165) is 31.4 Å². The monoisotopic (exact) mass is 969 g/mol. The molecule has 0 bridgehead atoms. The molecule has 6 heterocycles. The summed E-state index contributed by atoms with van der Waals surface area (Å²) >= 11 is 0. The van der Waals surface area contributed by atoms with Crippen molar-refractivity contribution < 1.29 is 50.9 Å². The van der Waals surface area contributed by atoms with Gasteiger partial charge in [0.25, 0.3) is 0 Å². The predicted octanol–water partition coefficient (Wildman–Crippen LogP) is 9.63. The van der Waals surface area contributed by atoms with Gasteiger partial charge in [0.15, 0.2) is 0 Å². The van der Waals surface area contributed by atoms with Gasteiger partial charge in [-0.05, 0) is 86.5 Å². The lowest BCUT2D eigenvalue weighted by molar-refractivity contribution is -0.274. The number of hydrogen-bond acceptors (Lipinski definition) is 10. The van der Waals surface area contributed by atoms with Crippen LogP contribution in [0.5, 0.6) is 11.5 Å². The number of carbonyl (C=O) groups excluding carboxylic acids is 3. The summed E-state index contributed by atoms with van der Waals surface area (Å²) in [5, 5.41) is 6.29. The first-order valence-electron chi connectivity index (χ1n) is 23.4. The number of halogens is 4. The minimum Gasteiger partial charge on any atom is -0.465 e. The van der Waals surface area contributed by atoms with Crippen LogP contribution in [0.3, 0.4) is 0 Å². The number of imidazole rings is 2. The maximum Gasteiger partial charge on any atom is 0.573 e. The van der Waals surface area contributed by atoms with Gasteiger partial charge in [-0.1, -0.05) is 45.9 Å². The van der Waals surface area contributed by atoms with Gasteiger partial charge in [0.2, 0.25) is 12.1 Å². The van der Waals surface area contributed by atoms with Crippen molar-refractivity contribution in [1.29, 1.82) is 0 Å². The van der Waals surface area contributed by atoms with Crippen molar-refractivity contribution in [3.05, 3.63) is 96.1 Å². The van der Waals surface area contributed by atoms with Crippen molar-refractivity contribution in [3.63, 3.8) is 0 Å². The molecule has 5 atom stereocenters. The SMILES string of the molecule is COC(=O)NC(CN1CCCC1c1ncc(-c2cc(F)c3c(c2)OC(c2cccc(OC(F)(F)F)c2)n2c-3cc3cc(-c4cnc(C5CCCN5C(=O)C(NC(=O)OC)C(C)C)[nH]4)ccc32)[nH]1)C(C)C. The fourth-order valence-electron chi connectivity index (χ4n) is 9.92. The molecule has 9 rings (SSSR count). The number of rotatable bonds is 13. The smallest absolute Gasteiger partial charge is 0.465 e. The maximum atomic E-state index is 16.9. The van der Waals surface area contributed by atoms with Crippen LogP contribution in [-0.2, 0) is 14.3 Å². The summed E-state index contributed by atoms with van der Waals surface area (Å²) in [6.07, 6.45) is -0.719. The van der Waals surface area contributed by atoms with E-state index >= 15 is 4.39 Å². The second-order valence-electron chi connectivity index (χ2n) is 18.6. The number of alkyl halides is 3. The Morgan fingerprint density at radius 1 is 0.829 bits per heavy atom. The number of aromatic amines is 2. The molecule has 20 heteroatoms. The minimum atomic E-state index is -4.94. The van der Waals surface area contributed by atoms with Crippen molar-refractivity contribution in [2.24, 2.45) is 11.8 Å². The molecule has 0 radical (unpaired) electrons. The van der Waals surface area contributed by atoms with Crippen molar-refractivity contribution in [3.8, 4) is 45.3 Å². The van der Waals surface area contributed by atoms with E-state index in [1.807, 2.05) is 52.0 Å². The molecule has 6 aromatic rings. The lowest BCUT2D eigenvalue weighted by Gasteiger charge is -2.31. The summed E-state index contributed by atoms with van der Waals surface area (Å²) in [6, 6.07) is 14.6. The minimum absolute atomic E-state index is 0.0846. The van der Waals surface area contributed by atoms with E-state index in [9.17, 15) is 27.6 Å². The molecule has 4 N–H and O–H groups in total. The number of hydrogen-bond donors (Lipinski definition) is 4. The summed E-state index contributed by atoms with van der Waals surface area (Å²) in [4.78, 5) is 58.3. The van der Waals surface area contributed by atoms with Gasteiger partial charge in [-0.15, -0.1) is 13.2 Å². The fraction of sp³-hybridized carbons (Fsp3) is 0.420. The molecule has 3 amide bonds. The van der Waals surface area contributed by atoms with Crippen molar-refractivity contribution in [2.45, 2.75) is 90.1 Å². The molecule has 3 aromatic heterocycles. The molecule has 3 aliphatic heterocycles. The van der Waals surface area contributed by atoms with E-state index in [1.54, 1.807) is 34.0 Å². The number of nitrogens with zero attached hydrogens (tertiary/aromatic N) is 5. The third-order valence-corrected chi connectivity index (χ3v) is 13.5. The van der Waals surface area contributed by atoms with Crippen molar-refractivity contribution >= 4 is 29.0 Å². The average Bonchev–Trinajstić information content (AvgIpc) is 4.18. The molecular weight excluding hydrogens is 915 g/mol. The molecule has 3 aromatic carbocycles. The van der Waals surface area contributed by atoms with Crippen LogP contribution in [0, 0.1) is 17.7 Å². The van der Waals surface area contributed by atoms with Crippen LogP contribution >= 0.6 is 0 Å². The number of likely N-dealkylation sites (tertiary alicyclic amines) is 2. The average molecular weight is 970 g/mol. The molecule has 0 spiro atoms. The van der Waals surface area contributed by atoms with Crippen LogP contribution in [0.25, 0.3) is 44.7 Å². The number of carbonyl (C=O) groups is 3. The van der Waals surface area contributed by atoms with Gasteiger partial charge in [0.1, 0.15) is 35.0 Å². The van der Waals surface area contributed by atoms with E-state index in [-0.39, 0.29) is 47.2 Å². The third-order valence-electron chi connectivity index (χ3n) is 13.5. The summed E-state index contributed by atoms with van der Waals surface area (Å²) in [5.74, 6) is 0.107. The number of H-pyrrole nitrogens is 2. The molecule has 3 aliphatic rings. The van der Waals surface area contributed by atoms with Crippen LogP contribution in [0.4, 0.5) is 27.2 Å². The Kier molecular flexibility index (Phi) is 13.3. The first-order valence-corrected chi connectivity index (χ1v) is 23.4. The van der Waals surface area contributed by atoms with Crippen LogP contribution < -0.4 is 20.1 Å². The van der Waals surface area contributed by atoms with Crippen LogP contribution in [0.2, 0.25) is 0 Å². The first kappa shape index (κ1) is 48.0. The molecule has 16 nitrogen and oxygen atoms in total. The Hall–Kier alpha value is -7.09. The Morgan fingerprint density at radius 3 is 2.21 bits per heavy atom. The second-order valence-corrected chi connectivity index (χ2v) is 18.6. The van der Waals surface area contributed by atoms with E-state index in [2.05, 4.69) is 30.2 Å². The summed E-state index contributed by atoms with van der Waals surface area (Å²) in [6.45, 7) is 9.62. The predicted molar refractivity (Wildman–Crippen MR) is 250 cm³/mol. The van der Waals surface area contributed by atoms with E-state index < -0.39 is 42.4 Å². The Balaban J connectivity index is 1.05. The molecule has 70 heavy (non-hydrogen) atoms. The summed E-state index contributed by atoms with van der Waals surface area (Å²) < 4.78 is 79.7. The highest BCUT2D eigenvalue weighted by Crippen LogP contribution is 2.48. The third kappa shape index (κ3) is 9.60. The Morgan fingerprint density at radius 2 is 1.51 bits per heavy atom. The highest BCUT2D eigenvalue weighted by Gasteiger charge is 2.39. The second kappa shape index (κ2) is 19.4. The topological polar surface area (TPSA) is 181 Å². The number of nitrogens with one attached hydrogen (secondary N) is 4. The summed E-state index contributed by atoms with van der Waals surface area (Å²) in [7, 11) is 2.58. The molecule has 2 saturated heterocycles. The van der Waals surface area contributed by atoms with E-state index in [1.165, 1.54) is 38.5 Å². The number of benzene rings is 3. The highest BCUT2D eigenvalue weighted by atomic mass is 19.4. The van der Waals surface area contributed by atoms with Crippen molar-refractivity contribution in [2.75, 3.05) is 33.9 Å². The number of aromatic nitrogens is 5. The molecule has 2 fully saturated rings. The number of methoxy groups -OCH3 is 2. The lowest BCUT2D eigenvalue weighted by atomic mass is 10.0. The number of ether oxygens (including phenoxy) is 4.